The first-order valence-electron chi connectivity index (χ1n) is 9.69. The number of carbonyl (C=O) groups excluding carboxylic acids is 3. The van der Waals surface area contributed by atoms with E-state index in [1.807, 2.05) is 0 Å². The summed E-state index contributed by atoms with van der Waals surface area (Å²) < 4.78 is 0. The Hall–Kier alpha value is -2.92. The van der Waals surface area contributed by atoms with Crippen LogP contribution >= 0.6 is 11.6 Å². The summed E-state index contributed by atoms with van der Waals surface area (Å²) in [6.45, 7) is 0. The van der Waals surface area contributed by atoms with Gasteiger partial charge in [0.15, 0.2) is 11.4 Å². The quantitative estimate of drug-likeness (QED) is 0.331. The zero-order chi connectivity index (χ0) is 23.9. The molecule has 1 aromatic rings. The zero-order valence-corrected chi connectivity index (χ0v) is 17.8. The number of nitrogens with zero attached hydrogens (tertiary/aromatic N) is 1. The molecule has 3 aliphatic carbocycles. The maximum absolute atomic E-state index is 13.6. The smallest absolute Gasteiger partial charge is 0.255 e. The Labute approximate surface area is 186 Å². The highest BCUT2D eigenvalue weighted by Gasteiger charge is 2.65. The average Bonchev–Trinajstić information content (AvgIpc) is 2.69. The van der Waals surface area contributed by atoms with Crippen molar-refractivity contribution in [2.45, 2.75) is 24.2 Å². The molecule has 0 aliphatic heterocycles. The van der Waals surface area contributed by atoms with E-state index in [0.717, 1.165) is 0 Å². The second kappa shape index (κ2) is 7.04. The molecule has 11 heteroatoms. The summed E-state index contributed by atoms with van der Waals surface area (Å²) in [4.78, 5) is 39.8. The summed E-state index contributed by atoms with van der Waals surface area (Å²) in [5.74, 6) is -8.19. The maximum Gasteiger partial charge on any atom is 0.255 e. The second-order valence-electron chi connectivity index (χ2n) is 8.47. The molecule has 1 fully saturated rings. The fraction of sp³-hybridized carbons (Fsp3) is 0.381. The van der Waals surface area contributed by atoms with Gasteiger partial charge in [-0.3, -0.25) is 19.3 Å². The Morgan fingerprint density at radius 3 is 2.41 bits per heavy atom. The summed E-state index contributed by atoms with van der Waals surface area (Å²) in [6, 6.07) is 1.25. The van der Waals surface area contributed by atoms with Crippen LogP contribution in [0.2, 0.25) is 5.02 Å². The maximum atomic E-state index is 13.6. The molecule has 1 amide bonds. The number of ketones is 2. The molecule has 0 heterocycles. The van der Waals surface area contributed by atoms with Crippen molar-refractivity contribution in [3.05, 3.63) is 45.2 Å². The van der Waals surface area contributed by atoms with Crippen LogP contribution in [0, 0.1) is 11.8 Å². The molecule has 5 atom stereocenters. The highest BCUT2D eigenvalue weighted by atomic mass is 35.5. The molecule has 170 valence electrons. The predicted molar refractivity (Wildman–Crippen MR) is 111 cm³/mol. The zero-order valence-electron chi connectivity index (χ0n) is 17.0. The lowest BCUT2D eigenvalue weighted by Crippen LogP contribution is -2.66. The fourth-order valence-corrected chi connectivity index (χ4v) is 5.51. The second-order valence-corrected chi connectivity index (χ2v) is 8.87. The van der Waals surface area contributed by atoms with Gasteiger partial charge >= 0.3 is 0 Å². The van der Waals surface area contributed by atoms with E-state index < -0.39 is 75.5 Å². The number of halogens is 1. The molecular weight excluding hydrogens is 444 g/mol. The number of aliphatic hydroxyl groups is 4. The van der Waals surface area contributed by atoms with Crippen molar-refractivity contribution in [2.75, 3.05) is 14.1 Å². The van der Waals surface area contributed by atoms with Crippen LogP contribution in [0.1, 0.15) is 23.7 Å². The monoisotopic (exact) mass is 464 g/mol. The molecule has 1 saturated carbocycles. The Bertz CT molecular complexity index is 1160. The molecule has 10 nitrogen and oxygen atoms in total. The molecule has 7 N–H and O–H groups in total. The first-order valence-corrected chi connectivity index (χ1v) is 10.1. The number of primary amides is 1. The van der Waals surface area contributed by atoms with E-state index in [0.29, 0.717) is 0 Å². The molecule has 0 radical (unpaired) electrons. The first kappa shape index (κ1) is 22.3. The molecule has 1 aromatic carbocycles. The van der Waals surface area contributed by atoms with Crippen LogP contribution in [0.4, 0.5) is 0 Å². The van der Waals surface area contributed by atoms with Gasteiger partial charge in [0.25, 0.3) is 5.91 Å². The normalized spacial score (nSPS) is 32.1. The lowest BCUT2D eigenvalue weighted by molar-refractivity contribution is -0.155. The number of aliphatic hydroxyl groups excluding tert-OH is 3. The molecule has 0 saturated heterocycles. The van der Waals surface area contributed by atoms with Gasteiger partial charge in [-0.1, -0.05) is 11.6 Å². The van der Waals surface area contributed by atoms with E-state index >= 15 is 0 Å². The molecule has 0 bridgehead atoms. The summed E-state index contributed by atoms with van der Waals surface area (Å²) in [7, 11) is 2.97. The van der Waals surface area contributed by atoms with Gasteiger partial charge in [0.1, 0.15) is 22.8 Å². The fourth-order valence-electron chi connectivity index (χ4n) is 5.24. The van der Waals surface area contributed by atoms with Gasteiger partial charge in [0, 0.05) is 28.0 Å². The first-order chi connectivity index (χ1) is 14.8. The number of phenols is 1. The van der Waals surface area contributed by atoms with E-state index in [9.17, 15) is 39.9 Å². The van der Waals surface area contributed by atoms with Crippen molar-refractivity contribution < 1.29 is 39.9 Å². The predicted octanol–water partition coefficient (Wildman–Crippen LogP) is 0.108. The number of aromatic hydroxyl groups is 1. The molecule has 32 heavy (non-hydrogen) atoms. The number of hydrogen-bond donors (Lipinski definition) is 6. The van der Waals surface area contributed by atoms with Gasteiger partial charge in [-0.15, -0.1) is 0 Å². The van der Waals surface area contributed by atoms with Crippen molar-refractivity contribution in [2.24, 2.45) is 17.6 Å². The SMILES string of the molecule is CN(C)[C@@H]1C(=O)C(C(N)=O)=C(O)[C@@]2(O)C(=O)C3=C(O)c4c(O)ccc(Cl)c4[C@@H](O)[C@@H]3C[C@H]12. The minimum Gasteiger partial charge on any atom is -0.508 e. The van der Waals surface area contributed by atoms with Crippen LogP contribution in [0.25, 0.3) is 5.76 Å². The van der Waals surface area contributed by atoms with E-state index in [4.69, 9.17) is 17.3 Å². The highest BCUT2D eigenvalue weighted by Crippen LogP contribution is 2.56. The summed E-state index contributed by atoms with van der Waals surface area (Å²) in [5, 5.41) is 54.4. The lowest BCUT2D eigenvalue weighted by atomic mass is 9.57. The summed E-state index contributed by atoms with van der Waals surface area (Å²) >= 11 is 6.19. The van der Waals surface area contributed by atoms with Crippen LogP contribution in [-0.4, -0.2) is 73.6 Å². The van der Waals surface area contributed by atoms with Crippen molar-refractivity contribution in [3.8, 4) is 5.75 Å². The third-order valence-electron chi connectivity index (χ3n) is 6.64. The average molecular weight is 465 g/mol. The van der Waals surface area contributed by atoms with E-state index in [1.54, 1.807) is 0 Å². The number of benzene rings is 1. The van der Waals surface area contributed by atoms with Crippen LogP contribution in [0.5, 0.6) is 5.75 Å². The minimum atomic E-state index is -2.77. The topological polar surface area (TPSA) is 182 Å². The third kappa shape index (κ3) is 2.61. The number of likely N-dealkylation sites (N-methyl/N-ethyl adjacent to an activating group) is 1. The molecule has 3 aliphatic rings. The van der Waals surface area contributed by atoms with Gasteiger partial charge in [-0.05, 0) is 32.6 Å². The van der Waals surface area contributed by atoms with Crippen molar-refractivity contribution in [1.29, 1.82) is 0 Å². The van der Waals surface area contributed by atoms with E-state index in [-0.39, 0.29) is 22.6 Å². The van der Waals surface area contributed by atoms with E-state index in [1.165, 1.54) is 31.1 Å². The number of Topliss-reactive ketones (excluding diaryl/α,β-unsaturated/α-hetero) is 2. The van der Waals surface area contributed by atoms with Crippen LogP contribution < -0.4 is 5.73 Å². The Morgan fingerprint density at radius 2 is 1.84 bits per heavy atom. The molecule has 0 unspecified atom stereocenters. The standard InChI is InChI=1S/C21H21ClN2O8/c1-24(2)14-7-5-6-10(16(27)12-9(25)4-3-8(22)11(12)15(6)26)18(29)21(7,32)19(30)13(17(14)28)20(23)31/h3-4,6-7,14-15,25-27,30,32H,5H2,1-2H3,(H2,23,31)/t6-,7-,14+,15+,21+/m1/s1. The van der Waals surface area contributed by atoms with Crippen molar-refractivity contribution >= 4 is 34.8 Å². The molecule has 0 spiro atoms. The Balaban J connectivity index is 2.03. The van der Waals surface area contributed by atoms with Crippen molar-refractivity contribution in [1.82, 2.24) is 4.90 Å². The summed E-state index contributed by atoms with van der Waals surface area (Å²) in [6.07, 6.45) is -1.70. The summed E-state index contributed by atoms with van der Waals surface area (Å²) in [5.41, 5.74) is 0.845. The van der Waals surface area contributed by atoms with Crippen LogP contribution in [0.3, 0.4) is 0 Å². The van der Waals surface area contributed by atoms with Gasteiger partial charge in [0.05, 0.1) is 17.7 Å². The molecular formula is C21H21ClN2O8. The van der Waals surface area contributed by atoms with Crippen LogP contribution in [0.15, 0.2) is 29.0 Å². The van der Waals surface area contributed by atoms with Gasteiger partial charge in [-0.2, -0.15) is 0 Å². The Morgan fingerprint density at radius 1 is 1.22 bits per heavy atom. The molecule has 0 aromatic heterocycles. The van der Waals surface area contributed by atoms with Gasteiger partial charge < -0.3 is 31.3 Å². The molecule has 4 rings (SSSR count). The number of fused-ring (bicyclic) bond motifs is 3. The largest absolute Gasteiger partial charge is 0.508 e. The highest BCUT2D eigenvalue weighted by molar-refractivity contribution is 6.32. The number of carbonyl (C=O) groups is 3. The third-order valence-corrected chi connectivity index (χ3v) is 6.97. The Kier molecular flexibility index (Phi) is 4.90. The van der Waals surface area contributed by atoms with Crippen LogP contribution in [-0.2, 0) is 14.4 Å². The number of hydrogen-bond acceptors (Lipinski definition) is 9. The number of rotatable bonds is 2. The van der Waals surface area contributed by atoms with Gasteiger partial charge in [0.2, 0.25) is 5.78 Å². The van der Waals surface area contributed by atoms with Crippen molar-refractivity contribution in [3.63, 3.8) is 0 Å². The van der Waals surface area contributed by atoms with E-state index in [2.05, 4.69) is 0 Å². The number of phenolic OH excluding ortho intramolecular Hbond substituents is 1. The minimum absolute atomic E-state index is 0.00251. The number of nitrogens with two attached hydrogens (primary N) is 1. The number of amides is 1. The van der Waals surface area contributed by atoms with Gasteiger partial charge in [-0.25, -0.2) is 0 Å². The lowest BCUT2D eigenvalue weighted by Gasteiger charge is -2.51.